The minimum Gasteiger partial charge on any atom is -0.491 e. The third kappa shape index (κ3) is 3.41. The van der Waals surface area contributed by atoms with Gasteiger partial charge in [0, 0.05) is 12.0 Å². The van der Waals surface area contributed by atoms with Gasteiger partial charge in [-0.3, -0.25) is 0 Å². The second kappa shape index (κ2) is 6.29. The molecule has 19 heavy (non-hydrogen) atoms. The fourth-order valence-electron chi connectivity index (χ4n) is 2.03. The molecular formula is C16H19BrO2. The standard InChI is InChI=1S/C16H19BrO2/c1-4-15-14(9-10-18-15)16(17)12-5-7-13(8-6-12)19-11(2)3/h5-11,16H,4H2,1-3H3. The molecule has 1 unspecified atom stereocenters. The summed E-state index contributed by atoms with van der Waals surface area (Å²) >= 11 is 3.74. The second-order valence-corrected chi connectivity index (χ2v) is 5.67. The molecular weight excluding hydrogens is 304 g/mol. The molecule has 0 aliphatic carbocycles. The summed E-state index contributed by atoms with van der Waals surface area (Å²) in [6.07, 6.45) is 2.85. The lowest BCUT2D eigenvalue weighted by Gasteiger charge is -2.13. The Balaban J connectivity index is 2.18. The van der Waals surface area contributed by atoms with Gasteiger partial charge in [0.15, 0.2) is 0 Å². The summed E-state index contributed by atoms with van der Waals surface area (Å²) in [5.41, 5.74) is 2.40. The van der Waals surface area contributed by atoms with Crippen LogP contribution in [0.2, 0.25) is 0 Å². The van der Waals surface area contributed by atoms with Crippen LogP contribution in [0.3, 0.4) is 0 Å². The van der Waals surface area contributed by atoms with Gasteiger partial charge in [-0.05, 0) is 37.6 Å². The zero-order chi connectivity index (χ0) is 13.8. The van der Waals surface area contributed by atoms with E-state index >= 15 is 0 Å². The molecule has 3 heteroatoms. The van der Waals surface area contributed by atoms with Crippen LogP contribution in [0.4, 0.5) is 0 Å². The van der Waals surface area contributed by atoms with E-state index in [1.165, 1.54) is 11.1 Å². The van der Waals surface area contributed by atoms with E-state index in [0.717, 1.165) is 17.9 Å². The normalized spacial score (nSPS) is 12.7. The van der Waals surface area contributed by atoms with Crippen molar-refractivity contribution in [2.45, 2.75) is 38.1 Å². The first-order valence-corrected chi connectivity index (χ1v) is 7.50. The third-order valence-electron chi connectivity index (χ3n) is 2.92. The molecule has 0 saturated heterocycles. The molecule has 1 aromatic carbocycles. The highest BCUT2D eigenvalue weighted by Gasteiger charge is 2.16. The predicted molar refractivity (Wildman–Crippen MR) is 81.1 cm³/mol. The number of rotatable bonds is 5. The van der Waals surface area contributed by atoms with Crippen molar-refractivity contribution in [1.82, 2.24) is 0 Å². The summed E-state index contributed by atoms with van der Waals surface area (Å²) in [7, 11) is 0. The fourth-order valence-corrected chi connectivity index (χ4v) is 2.74. The molecule has 0 radical (unpaired) electrons. The summed E-state index contributed by atoms with van der Waals surface area (Å²) in [4.78, 5) is 0.161. The molecule has 0 fully saturated rings. The van der Waals surface area contributed by atoms with Crippen molar-refractivity contribution >= 4 is 15.9 Å². The minimum absolute atomic E-state index is 0.161. The van der Waals surface area contributed by atoms with E-state index in [1.54, 1.807) is 6.26 Å². The van der Waals surface area contributed by atoms with E-state index in [0.29, 0.717) is 0 Å². The largest absolute Gasteiger partial charge is 0.491 e. The number of hydrogen-bond acceptors (Lipinski definition) is 2. The molecule has 2 rings (SSSR count). The fraction of sp³-hybridized carbons (Fsp3) is 0.375. The zero-order valence-electron chi connectivity index (χ0n) is 11.5. The van der Waals surface area contributed by atoms with Gasteiger partial charge in [0.25, 0.3) is 0 Å². The maximum Gasteiger partial charge on any atom is 0.119 e. The molecule has 0 saturated carbocycles. The first-order chi connectivity index (χ1) is 9.11. The molecule has 0 aliphatic rings. The van der Waals surface area contributed by atoms with Crippen molar-refractivity contribution in [3.8, 4) is 5.75 Å². The number of furan rings is 1. The van der Waals surface area contributed by atoms with Gasteiger partial charge in [-0.2, -0.15) is 0 Å². The van der Waals surface area contributed by atoms with Gasteiger partial charge in [-0.1, -0.05) is 35.0 Å². The number of alkyl halides is 1. The molecule has 2 aromatic rings. The van der Waals surface area contributed by atoms with E-state index in [4.69, 9.17) is 9.15 Å². The predicted octanol–water partition coefficient (Wildman–Crippen LogP) is 5.11. The van der Waals surface area contributed by atoms with Crippen molar-refractivity contribution in [2.24, 2.45) is 0 Å². The van der Waals surface area contributed by atoms with Crippen LogP contribution < -0.4 is 4.74 Å². The lowest BCUT2D eigenvalue weighted by Crippen LogP contribution is -2.05. The molecule has 0 bridgehead atoms. The SMILES string of the molecule is CCc1occc1C(Br)c1ccc(OC(C)C)cc1. The molecule has 0 amide bonds. The van der Waals surface area contributed by atoms with Crippen molar-refractivity contribution in [2.75, 3.05) is 0 Å². The third-order valence-corrected chi connectivity index (χ3v) is 3.94. The van der Waals surface area contributed by atoms with Crippen LogP contribution in [0.25, 0.3) is 0 Å². The van der Waals surface area contributed by atoms with Crippen LogP contribution in [-0.4, -0.2) is 6.10 Å². The number of ether oxygens (including phenoxy) is 1. The Morgan fingerprint density at radius 1 is 1.16 bits per heavy atom. The van der Waals surface area contributed by atoms with Gasteiger partial charge in [0.05, 0.1) is 17.2 Å². The first kappa shape index (κ1) is 14.2. The summed E-state index contributed by atoms with van der Waals surface area (Å²) < 4.78 is 11.1. The average molecular weight is 323 g/mol. The van der Waals surface area contributed by atoms with E-state index < -0.39 is 0 Å². The highest BCUT2D eigenvalue weighted by Crippen LogP contribution is 2.34. The number of halogens is 1. The average Bonchev–Trinajstić information content (AvgIpc) is 2.86. The molecule has 1 aromatic heterocycles. The Kier molecular flexibility index (Phi) is 4.70. The highest BCUT2D eigenvalue weighted by atomic mass is 79.9. The van der Waals surface area contributed by atoms with E-state index in [9.17, 15) is 0 Å². The Morgan fingerprint density at radius 2 is 1.84 bits per heavy atom. The Morgan fingerprint density at radius 3 is 2.42 bits per heavy atom. The molecule has 0 spiro atoms. The number of benzene rings is 1. The van der Waals surface area contributed by atoms with Crippen molar-refractivity contribution in [3.63, 3.8) is 0 Å². The quantitative estimate of drug-likeness (QED) is 0.713. The maximum absolute atomic E-state index is 5.65. The van der Waals surface area contributed by atoms with Gasteiger partial charge < -0.3 is 9.15 Å². The van der Waals surface area contributed by atoms with Crippen LogP contribution in [0.1, 0.15) is 42.5 Å². The van der Waals surface area contributed by atoms with Crippen molar-refractivity contribution < 1.29 is 9.15 Å². The maximum atomic E-state index is 5.65. The van der Waals surface area contributed by atoms with Crippen LogP contribution >= 0.6 is 15.9 Å². The van der Waals surface area contributed by atoms with Crippen LogP contribution in [0.5, 0.6) is 5.75 Å². The Labute approximate surface area is 122 Å². The molecule has 1 atom stereocenters. The van der Waals surface area contributed by atoms with E-state index in [2.05, 4.69) is 35.0 Å². The van der Waals surface area contributed by atoms with E-state index in [-0.39, 0.29) is 10.9 Å². The first-order valence-electron chi connectivity index (χ1n) is 6.58. The van der Waals surface area contributed by atoms with E-state index in [1.807, 2.05) is 32.0 Å². The Bertz CT molecular complexity index is 514. The zero-order valence-corrected chi connectivity index (χ0v) is 13.1. The number of hydrogen-bond donors (Lipinski definition) is 0. The van der Waals surface area contributed by atoms with Gasteiger partial charge in [0.1, 0.15) is 11.5 Å². The van der Waals surface area contributed by atoms with Gasteiger partial charge in [0.2, 0.25) is 0 Å². The Hall–Kier alpha value is -1.22. The minimum atomic E-state index is 0.161. The smallest absolute Gasteiger partial charge is 0.119 e. The summed E-state index contributed by atoms with van der Waals surface area (Å²) in [5, 5.41) is 0. The highest BCUT2D eigenvalue weighted by molar-refractivity contribution is 9.09. The lowest BCUT2D eigenvalue weighted by atomic mass is 10.0. The van der Waals surface area contributed by atoms with Crippen molar-refractivity contribution in [3.05, 3.63) is 53.5 Å². The van der Waals surface area contributed by atoms with Gasteiger partial charge in [-0.25, -0.2) is 0 Å². The van der Waals surface area contributed by atoms with Crippen molar-refractivity contribution in [1.29, 1.82) is 0 Å². The number of aryl methyl sites for hydroxylation is 1. The van der Waals surface area contributed by atoms with Crippen LogP contribution in [0, 0.1) is 0 Å². The molecule has 0 N–H and O–H groups in total. The molecule has 102 valence electrons. The van der Waals surface area contributed by atoms with Gasteiger partial charge in [-0.15, -0.1) is 0 Å². The van der Waals surface area contributed by atoms with Crippen LogP contribution in [0.15, 0.2) is 41.0 Å². The molecule has 2 nitrogen and oxygen atoms in total. The summed E-state index contributed by atoms with van der Waals surface area (Å²) in [6.45, 7) is 6.15. The molecule has 0 aliphatic heterocycles. The summed E-state index contributed by atoms with van der Waals surface area (Å²) in [6, 6.07) is 10.2. The second-order valence-electron chi connectivity index (χ2n) is 4.75. The van der Waals surface area contributed by atoms with Crippen LogP contribution in [-0.2, 0) is 6.42 Å². The topological polar surface area (TPSA) is 22.4 Å². The lowest BCUT2D eigenvalue weighted by molar-refractivity contribution is 0.242. The summed E-state index contributed by atoms with van der Waals surface area (Å²) in [5.74, 6) is 1.94. The van der Waals surface area contributed by atoms with Gasteiger partial charge >= 0.3 is 0 Å². The molecule has 1 heterocycles. The monoisotopic (exact) mass is 322 g/mol.